The lowest BCUT2D eigenvalue weighted by molar-refractivity contribution is -0.643. The van der Waals surface area contributed by atoms with Gasteiger partial charge in [-0.1, -0.05) is 50.0 Å². The van der Waals surface area contributed by atoms with Crippen LogP contribution in [0, 0.1) is 20.8 Å². The molecule has 2 nitrogen and oxygen atoms in total. The first kappa shape index (κ1) is 18.8. The van der Waals surface area contributed by atoms with Gasteiger partial charge in [-0.15, -0.1) is 0 Å². The van der Waals surface area contributed by atoms with E-state index in [1.807, 2.05) is 0 Å². The molecule has 31 heavy (non-hydrogen) atoms. The second-order valence-corrected chi connectivity index (χ2v) is 15.4. The highest BCUT2D eigenvalue weighted by atomic mass is 28.3. The lowest BCUT2D eigenvalue weighted by Gasteiger charge is -2.21. The average molecular weight is 422 g/mol. The van der Waals surface area contributed by atoms with Gasteiger partial charge in [0.05, 0.1) is 35.4 Å². The Balaban J connectivity index is 2.15. The minimum Gasteiger partial charge on any atom is -0.307 e. The van der Waals surface area contributed by atoms with Crippen LogP contribution in [-0.2, 0) is 7.05 Å². The average Bonchev–Trinajstić information content (AvgIpc) is 3.06. The zero-order chi connectivity index (χ0) is 21.8. The highest BCUT2D eigenvalue weighted by Gasteiger charge is 2.30. The van der Waals surface area contributed by atoms with E-state index in [2.05, 4.69) is 105 Å². The summed E-state index contributed by atoms with van der Waals surface area (Å²) in [5.41, 5.74) is 9.55. The Bertz CT molecular complexity index is 1700. The molecule has 0 unspecified atom stereocenters. The van der Waals surface area contributed by atoms with E-state index in [0.29, 0.717) is 0 Å². The number of pyridine rings is 2. The van der Waals surface area contributed by atoms with Crippen LogP contribution in [0.2, 0.25) is 19.6 Å². The molecule has 6 rings (SSSR count). The molecule has 0 atom stereocenters. The maximum atomic E-state index is 2.58. The van der Waals surface area contributed by atoms with E-state index in [0.717, 1.165) is 0 Å². The van der Waals surface area contributed by atoms with E-state index in [1.165, 1.54) is 65.7 Å². The second-order valence-electron chi connectivity index (χ2n) is 10.3. The van der Waals surface area contributed by atoms with E-state index in [-0.39, 0.29) is 0 Å². The highest BCUT2D eigenvalue weighted by Crippen LogP contribution is 2.42. The van der Waals surface area contributed by atoms with E-state index >= 15 is 0 Å². The molecule has 0 radical (unpaired) electrons. The molecular formula is C28H29N2Si+. The molecule has 3 heterocycles. The van der Waals surface area contributed by atoms with Crippen molar-refractivity contribution in [2.24, 2.45) is 7.05 Å². The van der Waals surface area contributed by atoms with Crippen LogP contribution in [0.4, 0.5) is 0 Å². The lowest BCUT2D eigenvalue weighted by atomic mass is 9.95. The molecule has 154 valence electrons. The monoisotopic (exact) mass is 421 g/mol. The van der Waals surface area contributed by atoms with Gasteiger partial charge < -0.3 is 4.40 Å². The molecule has 6 aromatic rings. The van der Waals surface area contributed by atoms with Crippen LogP contribution in [0.25, 0.3) is 49.0 Å². The fraction of sp³-hybridized carbons (Fsp3) is 0.250. The third-order valence-electron chi connectivity index (χ3n) is 7.31. The maximum Gasteiger partial charge on any atom is 0.224 e. The number of aryl methyl sites for hydroxylation is 4. The van der Waals surface area contributed by atoms with Crippen molar-refractivity contribution < 1.29 is 4.57 Å². The zero-order valence-electron chi connectivity index (χ0n) is 19.5. The summed E-state index contributed by atoms with van der Waals surface area (Å²) < 4.78 is 4.92. The van der Waals surface area contributed by atoms with Crippen molar-refractivity contribution in [3.05, 3.63) is 65.4 Å². The number of rotatable bonds is 1. The standard InChI is InChI=1S/C28H29N2Si/c1-16-14-17(2)26-23(18(16)3)27-24-19(12-13-29(27)4)15-22(31(5,6)7)25-20-10-8-9-11-21(20)30(26)28(24)25/h8-15H,1-7H3/q+1. The van der Waals surface area contributed by atoms with Gasteiger partial charge in [0.2, 0.25) is 5.52 Å². The van der Waals surface area contributed by atoms with Crippen molar-refractivity contribution in [2.45, 2.75) is 40.4 Å². The maximum absolute atomic E-state index is 2.58. The van der Waals surface area contributed by atoms with Crippen molar-refractivity contribution in [3.63, 3.8) is 0 Å². The summed E-state index contributed by atoms with van der Waals surface area (Å²) in [6, 6.07) is 16.2. The lowest BCUT2D eigenvalue weighted by Crippen LogP contribution is -2.38. The number of para-hydroxylation sites is 1. The van der Waals surface area contributed by atoms with Crippen LogP contribution in [0.3, 0.4) is 0 Å². The SMILES string of the molecule is Cc1cc(C)c2c(c1C)c1c3c(cc[n+]1C)cc([Si](C)(C)C)c1c4ccccc4n2c13. The smallest absolute Gasteiger partial charge is 0.224 e. The third kappa shape index (κ3) is 2.25. The number of hydrogen-bond donors (Lipinski definition) is 0. The molecule has 0 aliphatic carbocycles. The van der Waals surface area contributed by atoms with Gasteiger partial charge in [0.1, 0.15) is 7.05 Å². The summed E-state index contributed by atoms with van der Waals surface area (Å²) in [6.07, 6.45) is 2.25. The van der Waals surface area contributed by atoms with Gasteiger partial charge >= 0.3 is 0 Å². The Hall–Kier alpha value is -2.91. The van der Waals surface area contributed by atoms with Gasteiger partial charge in [-0.25, -0.2) is 4.57 Å². The van der Waals surface area contributed by atoms with E-state index in [1.54, 1.807) is 5.19 Å². The van der Waals surface area contributed by atoms with Gasteiger partial charge in [0.25, 0.3) is 0 Å². The predicted octanol–water partition coefficient (Wildman–Crippen LogP) is 6.28. The Morgan fingerprint density at radius 1 is 0.806 bits per heavy atom. The molecule has 0 fully saturated rings. The van der Waals surface area contributed by atoms with E-state index in [4.69, 9.17) is 0 Å². The summed E-state index contributed by atoms with van der Waals surface area (Å²) in [7, 11) is 0.630. The second kappa shape index (κ2) is 5.86. The van der Waals surface area contributed by atoms with Gasteiger partial charge in [-0.3, -0.25) is 0 Å². The summed E-state index contributed by atoms with van der Waals surface area (Å²) in [6.45, 7) is 14.2. The van der Waals surface area contributed by atoms with E-state index in [9.17, 15) is 0 Å². The topological polar surface area (TPSA) is 8.29 Å². The van der Waals surface area contributed by atoms with Crippen LogP contribution >= 0.6 is 0 Å². The molecular weight excluding hydrogens is 392 g/mol. The molecule has 0 saturated carbocycles. The number of nitrogens with zero attached hydrogens (tertiary/aromatic N) is 2. The van der Waals surface area contributed by atoms with Crippen LogP contribution in [0.1, 0.15) is 16.7 Å². The van der Waals surface area contributed by atoms with E-state index < -0.39 is 8.07 Å². The highest BCUT2D eigenvalue weighted by molar-refractivity contribution is 6.91. The van der Waals surface area contributed by atoms with Crippen molar-refractivity contribution in [2.75, 3.05) is 0 Å². The molecule has 3 heteroatoms. The summed E-state index contributed by atoms with van der Waals surface area (Å²) in [5.74, 6) is 0. The number of benzene rings is 3. The Kier molecular flexibility index (Phi) is 3.56. The molecule has 0 spiro atoms. The normalized spacial score (nSPS) is 13.0. The quantitative estimate of drug-likeness (QED) is 0.128. The molecule has 3 aromatic heterocycles. The first-order valence-electron chi connectivity index (χ1n) is 11.2. The fourth-order valence-corrected chi connectivity index (χ4v) is 7.38. The largest absolute Gasteiger partial charge is 0.307 e. The number of aromatic nitrogens is 2. The minimum absolute atomic E-state index is 1.33. The Morgan fingerprint density at radius 3 is 2.29 bits per heavy atom. The summed E-state index contributed by atoms with van der Waals surface area (Å²) >= 11 is 0. The molecule has 0 aliphatic rings. The molecule has 0 N–H and O–H groups in total. The van der Waals surface area contributed by atoms with Gasteiger partial charge in [-0.05, 0) is 54.1 Å². The van der Waals surface area contributed by atoms with Gasteiger partial charge in [-0.2, -0.15) is 0 Å². The van der Waals surface area contributed by atoms with Crippen molar-refractivity contribution >= 4 is 62.3 Å². The zero-order valence-corrected chi connectivity index (χ0v) is 20.5. The molecule has 3 aromatic carbocycles. The van der Waals surface area contributed by atoms with Crippen molar-refractivity contribution in [1.82, 2.24) is 4.40 Å². The molecule has 0 aliphatic heterocycles. The van der Waals surface area contributed by atoms with Crippen LogP contribution in [0.15, 0.2) is 48.7 Å². The molecule has 0 amide bonds. The van der Waals surface area contributed by atoms with Crippen LogP contribution in [0.5, 0.6) is 0 Å². The number of fused-ring (bicyclic) bond motifs is 6. The summed E-state index contributed by atoms with van der Waals surface area (Å²) in [4.78, 5) is 0. The predicted molar refractivity (Wildman–Crippen MR) is 137 cm³/mol. The number of hydrogen-bond acceptors (Lipinski definition) is 0. The molecule has 0 saturated heterocycles. The fourth-order valence-electron chi connectivity index (χ4n) is 5.79. The van der Waals surface area contributed by atoms with Gasteiger partial charge in [0.15, 0.2) is 6.20 Å². The molecule has 0 bridgehead atoms. The first-order valence-corrected chi connectivity index (χ1v) is 14.7. The van der Waals surface area contributed by atoms with Crippen LogP contribution in [-0.4, -0.2) is 12.5 Å². The Morgan fingerprint density at radius 2 is 1.55 bits per heavy atom. The summed E-state index contributed by atoms with van der Waals surface area (Å²) in [5, 5.41) is 8.58. The Labute approximate surface area is 184 Å². The van der Waals surface area contributed by atoms with Crippen LogP contribution < -0.4 is 9.75 Å². The van der Waals surface area contributed by atoms with Crippen molar-refractivity contribution in [3.8, 4) is 0 Å². The first-order chi connectivity index (χ1) is 14.7. The minimum atomic E-state index is -1.57. The van der Waals surface area contributed by atoms with Crippen molar-refractivity contribution in [1.29, 1.82) is 0 Å². The third-order valence-corrected chi connectivity index (χ3v) is 9.33. The van der Waals surface area contributed by atoms with Gasteiger partial charge in [0, 0.05) is 16.8 Å².